The fourth-order valence-corrected chi connectivity index (χ4v) is 4.85. The molecule has 178 valence electrons. The quantitative estimate of drug-likeness (QED) is 0.227. The number of hydrogen-bond donors (Lipinski definition) is 1. The van der Waals surface area contributed by atoms with Gasteiger partial charge in [0.15, 0.2) is 5.16 Å². The number of ether oxygens (including phenoxy) is 1. The van der Waals surface area contributed by atoms with E-state index >= 15 is 0 Å². The minimum atomic E-state index is -0.618. The molecule has 0 unspecified atom stereocenters. The van der Waals surface area contributed by atoms with E-state index in [0.717, 1.165) is 18.4 Å². The smallest absolute Gasteiger partial charge is 0.337 e. The Morgan fingerprint density at radius 1 is 1.17 bits per heavy atom. The zero-order valence-corrected chi connectivity index (χ0v) is 19.8. The maximum Gasteiger partial charge on any atom is 0.337 e. The van der Waals surface area contributed by atoms with Crippen LogP contribution in [0.2, 0.25) is 0 Å². The van der Waals surface area contributed by atoms with E-state index in [0.29, 0.717) is 21.8 Å². The van der Waals surface area contributed by atoms with Crippen molar-refractivity contribution in [1.82, 2.24) is 14.9 Å². The first-order chi connectivity index (χ1) is 17.0. The van der Waals surface area contributed by atoms with Crippen molar-refractivity contribution in [2.45, 2.75) is 35.8 Å². The van der Waals surface area contributed by atoms with Gasteiger partial charge >= 0.3 is 5.97 Å². The SMILES string of the molecule is COC(=O)c1ccc2c(=O)n(Cc3ccco3)c(S[C@@H](C(=O)NC3CC3)c3ccccc3)nc2c1. The number of methoxy groups -OCH3 is 1. The number of rotatable bonds is 8. The second-order valence-corrected chi connectivity index (χ2v) is 9.35. The summed E-state index contributed by atoms with van der Waals surface area (Å²) in [6.45, 7) is 0.154. The summed E-state index contributed by atoms with van der Waals surface area (Å²) in [5.74, 6) is -0.0699. The number of amides is 1. The van der Waals surface area contributed by atoms with Crippen LogP contribution in [-0.2, 0) is 16.1 Å². The number of furan rings is 1. The Hall–Kier alpha value is -3.85. The lowest BCUT2D eigenvalue weighted by atomic mass is 10.1. The summed E-state index contributed by atoms with van der Waals surface area (Å²) in [5, 5.41) is 3.15. The molecule has 8 nitrogen and oxygen atoms in total. The Balaban J connectivity index is 1.62. The fraction of sp³-hybridized carbons (Fsp3) is 0.231. The molecule has 4 aromatic rings. The number of carbonyl (C=O) groups excluding carboxylic acids is 2. The monoisotopic (exact) mass is 489 g/mol. The summed E-state index contributed by atoms with van der Waals surface area (Å²) in [7, 11) is 1.30. The number of esters is 1. The van der Waals surface area contributed by atoms with Crippen molar-refractivity contribution in [2.24, 2.45) is 0 Å². The van der Waals surface area contributed by atoms with Gasteiger partial charge in [-0.25, -0.2) is 9.78 Å². The Kier molecular flexibility index (Phi) is 6.41. The van der Waals surface area contributed by atoms with Crippen LogP contribution in [0.3, 0.4) is 0 Å². The normalized spacial score (nSPS) is 14.0. The van der Waals surface area contributed by atoms with Crippen LogP contribution in [0.4, 0.5) is 0 Å². The number of nitrogens with zero attached hydrogens (tertiary/aromatic N) is 2. The van der Waals surface area contributed by atoms with E-state index in [1.54, 1.807) is 24.5 Å². The number of aromatic nitrogens is 2. The van der Waals surface area contributed by atoms with Gasteiger partial charge in [-0.1, -0.05) is 42.1 Å². The van der Waals surface area contributed by atoms with E-state index in [4.69, 9.17) is 14.1 Å². The van der Waals surface area contributed by atoms with Crippen LogP contribution < -0.4 is 10.9 Å². The average Bonchev–Trinajstić information content (AvgIpc) is 3.54. The lowest BCUT2D eigenvalue weighted by Crippen LogP contribution is -2.31. The van der Waals surface area contributed by atoms with Gasteiger partial charge in [0.05, 0.1) is 36.4 Å². The highest BCUT2D eigenvalue weighted by molar-refractivity contribution is 8.00. The van der Waals surface area contributed by atoms with E-state index in [2.05, 4.69) is 5.32 Å². The van der Waals surface area contributed by atoms with Crippen LogP contribution in [0.25, 0.3) is 10.9 Å². The van der Waals surface area contributed by atoms with Crippen LogP contribution in [0, 0.1) is 0 Å². The molecule has 0 bridgehead atoms. The van der Waals surface area contributed by atoms with Gasteiger partial charge in [-0.05, 0) is 48.7 Å². The molecular weight excluding hydrogens is 466 g/mol. The van der Waals surface area contributed by atoms with Crippen LogP contribution in [-0.4, -0.2) is 34.6 Å². The molecule has 0 saturated heterocycles. The van der Waals surface area contributed by atoms with E-state index in [1.165, 1.54) is 35.6 Å². The standard InChI is InChI=1S/C26H23N3O5S/c1-33-25(32)17-9-12-20-21(14-17)28-26(29(24(20)31)15-19-8-5-13-34-19)35-22(16-6-3-2-4-7-16)23(30)27-18-10-11-18/h2-9,12-14,18,22H,10-11,15H2,1H3,(H,27,30)/t22-/m1/s1. The summed E-state index contributed by atoms with van der Waals surface area (Å²) >= 11 is 1.20. The lowest BCUT2D eigenvalue weighted by molar-refractivity contribution is -0.120. The first-order valence-electron chi connectivity index (χ1n) is 11.2. The molecule has 2 heterocycles. The molecule has 5 rings (SSSR count). The molecule has 1 aliphatic rings. The predicted molar refractivity (Wildman–Crippen MR) is 131 cm³/mol. The van der Waals surface area contributed by atoms with Crippen molar-refractivity contribution in [3.63, 3.8) is 0 Å². The van der Waals surface area contributed by atoms with Crippen molar-refractivity contribution in [3.8, 4) is 0 Å². The number of nitrogens with one attached hydrogen (secondary N) is 1. The molecule has 2 aromatic heterocycles. The van der Waals surface area contributed by atoms with Gasteiger partial charge in [-0.3, -0.25) is 14.2 Å². The summed E-state index contributed by atoms with van der Waals surface area (Å²) in [6, 6.07) is 17.8. The molecule has 2 aromatic carbocycles. The van der Waals surface area contributed by atoms with Gasteiger partial charge in [0.25, 0.3) is 5.56 Å². The fourth-order valence-electron chi connectivity index (χ4n) is 3.74. The second-order valence-electron chi connectivity index (χ2n) is 8.28. The maximum absolute atomic E-state index is 13.6. The molecule has 1 amide bonds. The van der Waals surface area contributed by atoms with Gasteiger partial charge in [0.1, 0.15) is 11.0 Å². The zero-order valence-electron chi connectivity index (χ0n) is 19.0. The topological polar surface area (TPSA) is 103 Å². The molecule has 35 heavy (non-hydrogen) atoms. The third-order valence-corrected chi connectivity index (χ3v) is 6.97. The summed E-state index contributed by atoms with van der Waals surface area (Å²) in [4.78, 5) is 43.6. The van der Waals surface area contributed by atoms with Gasteiger partial charge in [-0.2, -0.15) is 0 Å². The number of hydrogen-bond acceptors (Lipinski definition) is 7. The van der Waals surface area contributed by atoms with Crippen LogP contribution >= 0.6 is 11.8 Å². The molecule has 1 N–H and O–H groups in total. The van der Waals surface area contributed by atoms with Crippen LogP contribution in [0.5, 0.6) is 0 Å². The third kappa shape index (κ3) is 5.00. The maximum atomic E-state index is 13.6. The number of carbonyl (C=O) groups is 2. The second kappa shape index (κ2) is 9.79. The Morgan fingerprint density at radius 2 is 1.97 bits per heavy atom. The van der Waals surface area contributed by atoms with E-state index in [1.807, 2.05) is 30.3 Å². The number of thioether (sulfide) groups is 1. The molecule has 0 spiro atoms. The molecule has 0 radical (unpaired) electrons. The molecule has 9 heteroatoms. The third-order valence-electron chi connectivity index (χ3n) is 5.72. The first kappa shape index (κ1) is 22.9. The van der Waals surface area contributed by atoms with E-state index in [-0.39, 0.29) is 29.6 Å². The molecule has 1 saturated carbocycles. The average molecular weight is 490 g/mol. The minimum absolute atomic E-state index is 0.133. The zero-order chi connectivity index (χ0) is 24.4. The molecule has 1 fully saturated rings. The van der Waals surface area contributed by atoms with Crippen molar-refractivity contribution in [3.05, 3.63) is 94.2 Å². The highest BCUT2D eigenvalue weighted by Gasteiger charge is 2.30. The van der Waals surface area contributed by atoms with Crippen molar-refractivity contribution >= 4 is 34.5 Å². The summed E-state index contributed by atoms with van der Waals surface area (Å²) in [6.07, 6.45) is 3.47. The first-order valence-corrected chi connectivity index (χ1v) is 12.1. The van der Waals surface area contributed by atoms with Gasteiger partial charge in [-0.15, -0.1) is 0 Å². The summed E-state index contributed by atoms with van der Waals surface area (Å²) in [5.41, 5.74) is 1.15. The molecule has 1 atom stereocenters. The molecular formula is C26H23N3O5S. The van der Waals surface area contributed by atoms with Crippen LogP contribution in [0.1, 0.15) is 39.8 Å². The number of fused-ring (bicyclic) bond motifs is 1. The Morgan fingerprint density at radius 3 is 2.66 bits per heavy atom. The minimum Gasteiger partial charge on any atom is -0.467 e. The molecule has 0 aliphatic heterocycles. The van der Waals surface area contributed by atoms with Crippen molar-refractivity contribution in [1.29, 1.82) is 0 Å². The van der Waals surface area contributed by atoms with Gasteiger partial charge in [0.2, 0.25) is 5.91 Å². The van der Waals surface area contributed by atoms with Gasteiger partial charge in [0, 0.05) is 6.04 Å². The van der Waals surface area contributed by atoms with Crippen molar-refractivity contribution < 1.29 is 18.7 Å². The van der Waals surface area contributed by atoms with Crippen LogP contribution in [0.15, 0.2) is 81.3 Å². The van der Waals surface area contributed by atoms with E-state index < -0.39 is 11.2 Å². The highest BCUT2D eigenvalue weighted by atomic mass is 32.2. The van der Waals surface area contributed by atoms with Gasteiger partial charge < -0.3 is 14.5 Å². The Bertz CT molecular complexity index is 1430. The van der Waals surface area contributed by atoms with Crippen molar-refractivity contribution in [2.75, 3.05) is 7.11 Å². The largest absolute Gasteiger partial charge is 0.467 e. The Labute approximate surface area is 205 Å². The molecule has 1 aliphatic carbocycles. The lowest BCUT2D eigenvalue weighted by Gasteiger charge is -2.19. The summed E-state index contributed by atoms with van der Waals surface area (Å²) < 4.78 is 11.8. The predicted octanol–water partition coefficient (Wildman–Crippen LogP) is 3.94. The highest BCUT2D eigenvalue weighted by Crippen LogP contribution is 2.36. The van der Waals surface area contributed by atoms with E-state index in [9.17, 15) is 14.4 Å². The number of benzene rings is 2.